The van der Waals surface area contributed by atoms with Crippen LogP contribution in [0.4, 0.5) is 8.78 Å². The topological polar surface area (TPSA) is 29.1 Å². The number of aryl methyl sites for hydroxylation is 1. The van der Waals surface area contributed by atoms with Gasteiger partial charge in [-0.1, -0.05) is 24.3 Å². The number of thioether (sulfide) groups is 1. The van der Waals surface area contributed by atoms with Gasteiger partial charge in [0.15, 0.2) is 0 Å². The summed E-state index contributed by atoms with van der Waals surface area (Å²) < 4.78 is 26.5. The van der Waals surface area contributed by atoms with Gasteiger partial charge in [-0.05, 0) is 31.5 Å². The highest BCUT2D eigenvalue weighted by atomic mass is 32.2. The number of hydrogen-bond acceptors (Lipinski definition) is 2. The van der Waals surface area contributed by atoms with Crippen molar-refractivity contribution in [1.29, 1.82) is 0 Å². The van der Waals surface area contributed by atoms with Gasteiger partial charge in [-0.3, -0.25) is 4.79 Å². The summed E-state index contributed by atoms with van der Waals surface area (Å²) in [5, 5.41) is 2.72. The number of nitrogens with one attached hydrogen (secondary N) is 1. The average molecular weight is 321 g/mol. The highest BCUT2D eigenvalue weighted by Gasteiger charge is 2.14. The van der Waals surface area contributed by atoms with E-state index in [9.17, 15) is 13.6 Å². The van der Waals surface area contributed by atoms with Crippen molar-refractivity contribution in [2.75, 3.05) is 5.75 Å². The molecule has 2 nitrogen and oxygen atoms in total. The van der Waals surface area contributed by atoms with Crippen molar-refractivity contribution in [3.05, 3.63) is 65.2 Å². The lowest BCUT2D eigenvalue weighted by atomic mass is 10.1. The third-order valence-corrected chi connectivity index (χ3v) is 4.43. The molecule has 5 heteroatoms. The third-order valence-electron chi connectivity index (χ3n) is 3.26. The number of hydrogen-bond donors (Lipinski definition) is 1. The molecule has 1 amide bonds. The van der Waals surface area contributed by atoms with Crippen LogP contribution < -0.4 is 5.32 Å². The molecule has 2 rings (SSSR count). The second-order valence-corrected chi connectivity index (χ2v) is 6.03. The Morgan fingerprint density at radius 3 is 2.64 bits per heavy atom. The molecule has 2 aromatic rings. The lowest BCUT2D eigenvalue weighted by Crippen LogP contribution is -2.28. The average Bonchev–Trinajstić information content (AvgIpc) is 2.46. The van der Waals surface area contributed by atoms with E-state index in [1.807, 2.05) is 31.2 Å². The standard InChI is InChI=1S/C17H17F2NOS/c1-11-5-3-4-6-16(11)22-10-17(21)20-12(2)14-8-7-13(18)9-15(14)19/h3-9,12H,10H2,1-2H3,(H,20,21). The third kappa shape index (κ3) is 4.31. The Morgan fingerprint density at radius 1 is 1.23 bits per heavy atom. The maximum absolute atomic E-state index is 13.7. The summed E-state index contributed by atoms with van der Waals surface area (Å²) in [7, 11) is 0. The molecule has 0 aliphatic carbocycles. The second kappa shape index (κ2) is 7.40. The zero-order valence-electron chi connectivity index (χ0n) is 12.4. The molecule has 0 aromatic heterocycles. The summed E-state index contributed by atoms with van der Waals surface area (Å²) in [4.78, 5) is 13.0. The van der Waals surface area contributed by atoms with Crippen molar-refractivity contribution in [1.82, 2.24) is 5.32 Å². The number of benzene rings is 2. The van der Waals surface area contributed by atoms with E-state index < -0.39 is 17.7 Å². The Morgan fingerprint density at radius 2 is 1.95 bits per heavy atom. The Bertz CT molecular complexity index is 675. The van der Waals surface area contributed by atoms with E-state index in [1.54, 1.807) is 6.92 Å². The first-order valence-electron chi connectivity index (χ1n) is 6.90. The molecule has 0 fully saturated rings. The molecule has 0 saturated heterocycles. The van der Waals surface area contributed by atoms with E-state index in [0.717, 1.165) is 16.5 Å². The van der Waals surface area contributed by atoms with E-state index in [0.29, 0.717) is 0 Å². The van der Waals surface area contributed by atoms with Gasteiger partial charge in [0, 0.05) is 16.5 Å². The molecule has 2 aromatic carbocycles. The van der Waals surface area contributed by atoms with Crippen LogP contribution in [-0.2, 0) is 4.79 Å². The highest BCUT2D eigenvalue weighted by molar-refractivity contribution is 8.00. The fourth-order valence-electron chi connectivity index (χ4n) is 2.08. The fraction of sp³-hybridized carbons (Fsp3) is 0.235. The SMILES string of the molecule is Cc1ccccc1SCC(=O)NC(C)c1ccc(F)cc1F. The first-order valence-corrected chi connectivity index (χ1v) is 7.88. The van der Waals surface area contributed by atoms with Crippen LogP contribution in [0.1, 0.15) is 24.1 Å². The molecule has 116 valence electrons. The molecule has 0 spiro atoms. The van der Waals surface area contributed by atoms with Crippen LogP contribution in [-0.4, -0.2) is 11.7 Å². The Labute approximate surface area is 132 Å². The Balaban J connectivity index is 1.93. The van der Waals surface area contributed by atoms with Crippen LogP contribution in [0, 0.1) is 18.6 Å². The zero-order valence-corrected chi connectivity index (χ0v) is 13.2. The fourth-order valence-corrected chi connectivity index (χ4v) is 2.92. The summed E-state index contributed by atoms with van der Waals surface area (Å²) in [5.74, 6) is -1.23. The molecule has 1 atom stereocenters. The molecule has 0 aliphatic rings. The van der Waals surface area contributed by atoms with Gasteiger partial charge in [0.25, 0.3) is 0 Å². The van der Waals surface area contributed by atoms with Crippen LogP contribution in [0.25, 0.3) is 0 Å². The van der Waals surface area contributed by atoms with E-state index in [2.05, 4.69) is 5.32 Å². The molecule has 1 N–H and O–H groups in total. The summed E-state index contributed by atoms with van der Waals surface area (Å²) >= 11 is 1.43. The van der Waals surface area contributed by atoms with Gasteiger partial charge in [-0.15, -0.1) is 11.8 Å². The summed E-state index contributed by atoms with van der Waals surface area (Å²) in [6.45, 7) is 3.66. The van der Waals surface area contributed by atoms with Gasteiger partial charge in [0.1, 0.15) is 11.6 Å². The maximum atomic E-state index is 13.7. The minimum absolute atomic E-state index is 0.190. The quantitative estimate of drug-likeness (QED) is 0.835. The van der Waals surface area contributed by atoms with Gasteiger partial charge in [0.2, 0.25) is 5.91 Å². The largest absolute Gasteiger partial charge is 0.349 e. The first-order chi connectivity index (χ1) is 10.5. The van der Waals surface area contributed by atoms with Gasteiger partial charge < -0.3 is 5.32 Å². The van der Waals surface area contributed by atoms with Crippen LogP contribution in [0.15, 0.2) is 47.4 Å². The van der Waals surface area contributed by atoms with Gasteiger partial charge in [0.05, 0.1) is 11.8 Å². The molecule has 1 unspecified atom stereocenters. The monoisotopic (exact) mass is 321 g/mol. The Kier molecular flexibility index (Phi) is 5.55. The lowest BCUT2D eigenvalue weighted by Gasteiger charge is -2.15. The summed E-state index contributed by atoms with van der Waals surface area (Å²) in [5.41, 5.74) is 1.38. The maximum Gasteiger partial charge on any atom is 0.230 e. The highest BCUT2D eigenvalue weighted by Crippen LogP contribution is 2.22. The molecule has 22 heavy (non-hydrogen) atoms. The van der Waals surface area contributed by atoms with Gasteiger partial charge in [-0.25, -0.2) is 8.78 Å². The Hall–Kier alpha value is -1.88. The molecular formula is C17H17F2NOS. The van der Waals surface area contributed by atoms with Crippen molar-refractivity contribution in [2.45, 2.75) is 24.8 Å². The van der Waals surface area contributed by atoms with Crippen molar-refractivity contribution < 1.29 is 13.6 Å². The molecule has 0 aliphatic heterocycles. The van der Waals surface area contributed by atoms with Crippen molar-refractivity contribution >= 4 is 17.7 Å². The normalized spacial score (nSPS) is 12.0. The number of carbonyl (C=O) groups excluding carboxylic acids is 1. The zero-order chi connectivity index (χ0) is 16.1. The second-order valence-electron chi connectivity index (χ2n) is 5.01. The minimum Gasteiger partial charge on any atom is -0.349 e. The summed E-state index contributed by atoms with van der Waals surface area (Å²) in [6, 6.07) is 10.6. The van der Waals surface area contributed by atoms with Crippen LogP contribution >= 0.6 is 11.8 Å². The molecule has 0 saturated carbocycles. The van der Waals surface area contributed by atoms with E-state index >= 15 is 0 Å². The van der Waals surface area contributed by atoms with Crippen LogP contribution in [0.2, 0.25) is 0 Å². The summed E-state index contributed by atoms with van der Waals surface area (Å²) in [6.07, 6.45) is 0. The van der Waals surface area contributed by atoms with Crippen molar-refractivity contribution in [3.8, 4) is 0 Å². The van der Waals surface area contributed by atoms with Gasteiger partial charge >= 0.3 is 0 Å². The number of amides is 1. The predicted octanol–water partition coefficient (Wildman–Crippen LogP) is 4.24. The molecular weight excluding hydrogens is 304 g/mol. The van der Waals surface area contributed by atoms with E-state index in [1.165, 1.54) is 23.9 Å². The van der Waals surface area contributed by atoms with E-state index in [-0.39, 0.29) is 17.2 Å². The predicted molar refractivity (Wildman–Crippen MR) is 84.8 cm³/mol. The molecule has 0 radical (unpaired) electrons. The van der Waals surface area contributed by atoms with Crippen molar-refractivity contribution in [3.63, 3.8) is 0 Å². The first kappa shape index (κ1) is 16.5. The number of halogens is 2. The smallest absolute Gasteiger partial charge is 0.230 e. The minimum atomic E-state index is -0.653. The van der Waals surface area contributed by atoms with Crippen LogP contribution in [0.5, 0.6) is 0 Å². The van der Waals surface area contributed by atoms with E-state index in [4.69, 9.17) is 0 Å². The molecule has 0 heterocycles. The lowest BCUT2D eigenvalue weighted by molar-refractivity contribution is -0.119. The molecule has 0 bridgehead atoms. The number of rotatable bonds is 5. The van der Waals surface area contributed by atoms with Crippen molar-refractivity contribution in [2.24, 2.45) is 0 Å². The van der Waals surface area contributed by atoms with Crippen LogP contribution in [0.3, 0.4) is 0 Å². The van der Waals surface area contributed by atoms with Gasteiger partial charge in [-0.2, -0.15) is 0 Å². The number of carbonyl (C=O) groups is 1.